The van der Waals surface area contributed by atoms with Gasteiger partial charge in [-0.05, 0) is 18.2 Å². The highest BCUT2D eigenvalue weighted by atomic mass is 16.5. The van der Waals surface area contributed by atoms with E-state index in [1.54, 1.807) is 18.2 Å². The van der Waals surface area contributed by atoms with Crippen molar-refractivity contribution in [1.29, 1.82) is 0 Å². The molecule has 0 aliphatic carbocycles. The molecule has 106 valence electrons. The standard InChI is InChI=1S/C14H16N2O4/c1-14(7-19-8-14)6-15-13(18)9-2-3-11-10(4-9)16-12(17)5-20-11/h2-4H,5-8H2,1H3,(H,15,18)(H,16,17). The Morgan fingerprint density at radius 2 is 2.25 bits per heavy atom. The molecule has 6 nitrogen and oxygen atoms in total. The molecule has 2 aliphatic heterocycles. The number of benzene rings is 1. The van der Waals surface area contributed by atoms with Crippen LogP contribution in [0.15, 0.2) is 18.2 Å². The van der Waals surface area contributed by atoms with Gasteiger partial charge in [-0.2, -0.15) is 0 Å². The molecule has 20 heavy (non-hydrogen) atoms. The molecule has 2 aliphatic rings. The van der Waals surface area contributed by atoms with Gasteiger partial charge in [-0.25, -0.2) is 0 Å². The van der Waals surface area contributed by atoms with Gasteiger partial charge < -0.3 is 20.1 Å². The summed E-state index contributed by atoms with van der Waals surface area (Å²) in [4.78, 5) is 23.4. The molecule has 6 heteroatoms. The molecule has 0 radical (unpaired) electrons. The van der Waals surface area contributed by atoms with Crippen molar-refractivity contribution in [2.45, 2.75) is 6.92 Å². The lowest BCUT2D eigenvalue weighted by molar-refractivity contribution is -0.118. The number of fused-ring (bicyclic) bond motifs is 1. The minimum absolute atomic E-state index is 0.0108. The van der Waals surface area contributed by atoms with Crippen LogP contribution in [0.1, 0.15) is 17.3 Å². The van der Waals surface area contributed by atoms with Crippen LogP contribution in [0.2, 0.25) is 0 Å². The summed E-state index contributed by atoms with van der Waals surface area (Å²) in [5.74, 6) is 0.204. The number of ether oxygens (including phenoxy) is 2. The highest BCUT2D eigenvalue weighted by Crippen LogP contribution is 2.29. The van der Waals surface area contributed by atoms with Crippen LogP contribution in [0.4, 0.5) is 5.69 Å². The van der Waals surface area contributed by atoms with Gasteiger partial charge in [0.25, 0.3) is 11.8 Å². The number of anilines is 1. The van der Waals surface area contributed by atoms with Gasteiger partial charge >= 0.3 is 0 Å². The molecule has 2 amide bonds. The Bertz CT molecular complexity index is 566. The predicted octanol–water partition coefficient (Wildman–Crippen LogP) is 0.784. The number of nitrogens with one attached hydrogen (secondary N) is 2. The summed E-state index contributed by atoms with van der Waals surface area (Å²) >= 11 is 0. The molecule has 2 heterocycles. The Labute approximate surface area is 116 Å². The Balaban J connectivity index is 1.68. The zero-order chi connectivity index (χ0) is 14.2. The monoisotopic (exact) mass is 276 g/mol. The van der Waals surface area contributed by atoms with E-state index in [1.165, 1.54) is 0 Å². The molecular formula is C14H16N2O4. The van der Waals surface area contributed by atoms with Crippen LogP contribution in [-0.2, 0) is 9.53 Å². The van der Waals surface area contributed by atoms with E-state index in [1.807, 2.05) is 0 Å². The molecule has 3 rings (SSSR count). The zero-order valence-electron chi connectivity index (χ0n) is 11.2. The lowest BCUT2D eigenvalue weighted by Crippen LogP contribution is -2.48. The largest absolute Gasteiger partial charge is 0.482 e. The molecule has 0 atom stereocenters. The Morgan fingerprint density at radius 1 is 1.45 bits per heavy atom. The third-order valence-corrected chi connectivity index (χ3v) is 3.45. The Hall–Kier alpha value is -2.08. The van der Waals surface area contributed by atoms with Crippen molar-refractivity contribution >= 4 is 17.5 Å². The number of hydrogen-bond donors (Lipinski definition) is 2. The molecular weight excluding hydrogens is 260 g/mol. The first kappa shape index (κ1) is 12.9. The Morgan fingerprint density at radius 3 is 2.95 bits per heavy atom. The van der Waals surface area contributed by atoms with Gasteiger partial charge in [-0.3, -0.25) is 9.59 Å². The zero-order valence-corrected chi connectivity index (χ0v) is 11.2. The smallest absolute Gasteiger partial charge is 0.262 e. The van der Waals surface area contributed by atoms with Crippen LogP contribution in [0.3, 0.4) is 0 Å². The summed E-state index contributed by atoms with van der Waals surface area (Å²) in [6.45, 7) is 3.99. The highest BCUT2D eigenvalue weighted by molar-refractivity contribution is 5.99. The fourth-order valence-corrected chi connectivity index (χ4v) is 2.17. The van der Waals surface area contributed by atoms with E-state index in [0.717, 1.165) is 0 Å². The fourth-order valence-electron chi connectivity index (χ4n) is 2.17. The third kappa shape index (κ3) is 2.46. The number of hydrogen-bond acceptors (Lipinski definition) is 4. The molecule has 0 bridgehead atoms. The summed E-state index contributed by atoms with van der Waals surface area (Å²) in [5, 5.41) is 5.57. The van der Waals surface area contributed by atoms with Crippen molar-refractivity contribution in [3.63, 3.8) is 0 Å². The van der Waals surface area contributed by atoms with Crippen molar-refractivity contribution in [3.8, 4) is 5.75 Å². The van der Waals surface area contributed by atoms with E-state index >= 15 is 0 Å². The molecule has 2 N–H and O–H groups in total. The second kappa shape index (κ2) is 4.79. The average Bonchev–Trinajstić information content (AvgIpc) is 2.41. The SMILES string of the molecule is CC1(CNC(=O)c2ccc3c(c2)NC(=O)CO3)COC1. The first-order valence-corrected chi connectivity index (χ1v) is 6.48. The minimum atomic E-state index is -0.214. The predicted molar refractivity (Wildman–Crippen MR) is 71.8 cm³/mol. The van der Waals surface area contributed by atoms with E-state index in [9.17, 15) is 9.59 Å². The van der Waals surface area contributed by atoms with E-state index < -0.39 is 0 Å². The van der Waals surface area contributed by atoms with Crippen molar-refractivity contribution in [2.24, 2.45) is 5.41 Å². The Kier molecular flexibility index (Phi) is 3.10. The van der Waals surface area contributed by atoms with Gasteiger partial charge in [-0.15, -0.1) is 0 Å². The highest BCUT2D eigenvalue weighted by Gasteiger charge is 2.33. The van der Waals surface area contributed by atoms with Crippen LogP contribution < -0.4 is 15.4 Å². The van der Waals surface area contributed by atoms with Gasteiger partial charge in [0, 0.05) is 17.5 Å². The average molecular weight is 276 g/mol. The van der Waals surface area contributed by atoms with E-state index in [4.69, 9.17) is 9.47 Å². The number of carbonyl (C=O) groups excluding carboxylic acids is 2. The number of carbonyl (C=O) groups is 2. The maximum atomic E-state index is 12.1. The van der Waals surface area contributed by atoms with E-state index in [0.29, 0.717) is 36.8 Å². The molecule has 0 saturated carbocycles. The van der Waals surface area contributed by atoms with E-state index in [-0.39, 0.29) is 23.8 Å². The molecule has 0 aromatic heterocycles. The molecule has 1 saturated heterocycles. The van der Waals surface area contributed by atoms with Crippen molar-refractivity contribution < 1.29 is 19.1 Å². The lowest BCUT2D eigenvalue weighted by atomic mass is 9.88. The van der Waals surface area contributed by atoms with Crippen LogP contribution in [-0.4, -0.2) is 38.2 Å². The van der Waals surface area contributed by atoms with Crippen molar-refractivity contribution in [1.82, 2.24) is 5.32 Å². The number of amides is 2. The summed E-state index contributed by atoms with van der Waals surface area (Å²) in [7, 11) is 0. The first-order valence-electron chi connectivity index (χ1n) is 6.48. The van der Waals surface area contributed by atoms with Crippen molar-refractivity contribution in [2.75, 3.05) is 31.7 Å². The second-order valence-electron chi connectivity index (χ2n) is 5.53. The summed E-state index contributed by atoms with van der Waals surface area (Å²) in [6, 6.07) is 5.00. The van der Waals surface area contributed by atoms with Crippen LogP contribution in [0.5, 0.6) is 5.75 Å². The molecule has 1 fully saturated rings. The second-order valence-corrected chi connectivity index (χ2v) is 5.53. The van der Waals surface area contributed by atoms with Gasteiger partial charge in [0.15, 0.2) is 6.61 Å². The van der Waals surface area contributed by atoms with Crippen LogP contribution in [0.25, 0.3) is 0 Å². The third-order valence-electron chi connectivity index (χ3n) is 3.45. The molecule has 1 aromatic carbocycles. The minimum Gasteiger partial charge on any atom is -0.482 e. The summed E-state index contributed by atoms with van der Waals surface area (Å²) < 4.78 is 10.4. The van der Waals surface area contributed by atoms with Gasteiger partial charge in [-0.1, -0.05) is 6.92 Å². The maximum absolute atomic E-state index is 12.1. The summed E-state index contributed by atoms with van der Waals surface area (Å²) in [5.41, 5.74) is 1.06. The molecule has 0 unspecified atom stereocenters. The number of rotatable bonds is 3. The summed E-state index contributed by atoms with van der Waals surface area (Å²) in [6.07, 6.45) is 0. The first-order chi connectivity index (χ1) is 9.56. The van der Waals surface area contributed by atoms with Crippen molar-refractivity contribution in [3.05, 3.63) is 23.8 Å². The molecule has 1 aromatic rings. The topological polar surface area (TPSA) is 76.7 Å². The van der Waals surface area contributed by atoms with Gasteiger partial charge in [0.1, 0.15) is 5.75 Å². The van der Waals surface area contributed by atoms with Gasteiger partial charge in [0.2, 0.25) is 0 Å². The van der Waals surface area contributed by atoms with Crippen LogP contribution in [0, 0.1) is 5.41 Å². The van der Waals surface area contributed by atoms with Gasteiger partial charge in [0.05, 0.1) is 18.9 Å². The fraction of sp³-hybridized carbons (Fsp3) is 0.429. The normalized spacial score (nSPS) is 19.1. The maximum Gasteiger partial charge on any atom is 0.262 e. The molecule has 0 spiro atoms. The van der Waals surface area contributed by atoms with Crippen LogP contribution >= 0.6 is 0 Å². The van der Waals surface area contributed by atoms with E-state index in [2.05, 4.69) is 17.6 Å². The lowest BCUT2D eigenvalue weighted by Gasteiger charge is -2.38. The quantitative estimate of drug-likeness (QED) is 0.855.